The van der Waals surface area contributed by atoms with E-state index in [9.17, 15) is 4.79 Å². The fourth-order valence-electron chi connectivity index (χ4n) is 3.39. The Morgan fingerprint density at radius 3 is 2.76 bits per heavy atom. The van der Waals surface area contributed by atoms with Gasteiger partial charge in [0.25, 0.3) is 5.91 Å². The molecular weight excluding hydrogens is 284 g/mol. The van der Waals surface area contributed by atoms with Crippen LogP contribution < -0.4 is 0 Å². The van der Waals surface area contributed by atoms with Gasteiger partial charge in [0.1, 0.15) is 5.71 Å². The molecule has 3 rings (SSSR count). The van der Waals surface area contributed by atoms with Crippen LogP contribution in [-0.4, -0.2) is 35.2 Å². The van der Waals surface area contributed by atoms with Gasteiger partial charge in [-0.2, -0.15) is 0 Å². The zero-order chi connectivity index (χ0) is 15.0. The van der Waals surface area contributed by atoms with Gasteiger partial charge in [-0.05, 0) is 36.6 Å². The van der Waals surface area contributed by atoms with Crippen molar-refractivity contribution in [3.8, 4) is 0 Å². The molecule has 4 nitrogen and oxygen atoms in total. The van der Waals surface area contributed by atoms with E-state index in [2.05, 4.69) is 19.0 Å². The van der Waals surface area contributed by atoms with Crippen LogP contribution in [0.4, 0.5) is 0 Å². The topological polar surface area (TPSA) is 41.9 Å². The summed E-state index contributed by atoms with van der Waals surface area (Å²) in [5, 5.41) is 6.18. The van der Waals surface area contributed by atoms with Crippen molar-refractivity contribution in [1.29, 1.82) is 0 Å². The molecule has 0 aromatic carbocycles. The summed E-state index contributed by atoms with van der Waals surface area (Å²) in [6.45, 7) is 7.94. The number of likely N-dealkylation sites (tertiary alicyclic amines) is 1. The monoisotopic (exact) mass is 306 g/mol. The lowest BCUT2D eigenvalue weighted by molar-refractivity contribution is -0.156. The third-order valence-electron chi connectivity index (χ3n) is 4.28. The van der Waals surface area contributed by atoms with E-state index in [-0.39, 0.29) is 5.91 Å². The van der Waals surface area contributed by atoms with Crippen molar-refractivity contribution < 1.29 is 9.63 Å². The van der Waals surface area contributed by atoms with Crippen molar-refractivity contribution in [3.63, 3.8) is 0 Å². The first-order valence-electron chi connectivity index (χ1n) is 7.56. The normalized spacial score (nSPS) is 32.7. The fourth-order valence-corrected chi connectivity index (χ4v) is 4.10. The minimum absolute atomic E-state index is 0.0798. The Bertz CT molecular complexity index is 545. The molecule has 3 atom stereocenters. The number of carbonyl (C=O) groups excluding carboxylic acids is 1. The molecule has 1 saturated heterocycles. The summed E-state index contributed by atoms with van der Waals surface area (Å²) in [7, 11) is 0. The SMILES string of the molecule is C[C@@H]1C[C@@H](C)CN(C(=O)[C@@]2(C)CC(c3cccs3)=NO2)C1. The van der Waals surface area contributed by atoms with Crippen LogP contribution >= 0.6 is 11.3 Å². The number of carbonyl (C=O) groups is 1. The highest BCUT2D eigenvalue weighted by molar-refractivity contribution is 7.12. The first-order valence-corrected chi connectivity index (χ1v) is 8.44. The van der Waals surface area contributed by atoms with Gasteiger partial charge in [0.05, 0.1) is 4.88 Å². The van der Waals surface area contributed by atoms with Crippen molar-refractivity contribution in [3.05, 3.63) is 22.4 Å². The molecule has 0 spiro atoms. The third kappa shape index (κ3) is 2.84. The predicted octanol–water partition coefficient (Wildman–Crippen LogP) is 3.14. The third-order valence-corrected chi connectivity index (χ3v) is 5.20. The van der Waals surface area contributed by atoms with Crippen LogP contribution in [0.15, 0.2) is 22.7 Å². The molecular formula is C16H22N2O2S. The summed E-state index contributed by atoms with van der Waals surface area (Å²) in [5.41, 5.74) is 0.0507. The predicted molar refractivity (Wildman–Crippen MR) is 84.5 cm³/mol. The highest BCUT2D eigenvalue weighted by Gasteiger charge is 2.45. The molecule has 1 aromatic heterocycles. The largest absolute Gasteiger partial charge is 0.379 e. The molecule has 0 bridgehead atoms. The Balaban J connectivity index is 1.71. The standard InChI is InChI=1S/C16H22N2O2S/c1-11-7-12(2)10-18(9-11)15(19)16(3)8-13(17-20-16)14-5-4-6-21-14/h4-6,11-12H,7-10H2,1-3H3/t11-,12-,16-/m1/s1. The van der Waals surface area contributed by atoms with Gasteiger partial charge < -0.3 is 9.74 Å². The van der Waals surface area contributed by atoms with Crippen molar-refractivity contribution in [1.82, 2.24) is 4.90 Å². The lowest BCUT2D eigenvalue weighted by Crippen LogP contribution is -2.52. The second-order valence-electron chi connectivity index (χ2n) is 6.67. The highest BCUT2D eigenvalue weighted by Crippen LogP contribution is 2.32. The maximum atomic E-state index is 12.9. The molecule has 0 saturated carbocycles. The number of nitrogens with zero attached hydrogens (tertiary/aromatic N) is 2. The van der Waals surface area contributed by atoms with Gasteiger partial charge in [-0.15, -0.1) is 11.3 Å². The molecule has 3 heterocycles. The van der Waals surface area contributed by atoms with E-state index < -0.39 is 5.60 Å². The second-order valence-corrected chi connectivity index (χ2v) is 7.62. The quantitative estimate of drug-likeness (QED) is 0.842. The Morgan fingerprint density at radius 1 is 1.43 bits per heavy atom. The lowest BCUT2D eigenvalue weighted by atomic mass is 9.89. The molecule has 21 heavy (non-hydrogen) atoms. The van der Waals surface area contributed by atoms with E-state index in [1.165, 1.54) is 6.42 Å². The molecule has 114 valence electrons. The maximum Gasteiger partial charge on any atom is 0.269 e. The Kier molecular flexibility index (Phi) is 3.78. The van der Waals surface area contributed by atoms with Crippen molar-refractivity contribution >= 4 is 23.0 Å². The molecule has 0 unspecified atom stereocenters. The van der Waals surface area contributed by atoms with Gasteiger partial charge in [0.2, 0.25) is 5.60 Å². The summed E-state index contributed by atoms with van der Waals surface area (Å²) in [4.78, 5) is 21.5. The number of hydrogen-bond acceptors (Lipinski definition) is 4. The first kappa shape index (κ1) is 14.6. The zero-order valence-electron chi connectivity index (χ0n) is 12.8. The highest BCUT2D eigenvalue weighted by atomic mass is 32.1. The molecule has 1 aromatic rings. The number of rotatable bonds is 2. The molecule has 2 aliphatic rings. The van der Waals surface area contributed by atoms with Gasteiger partial charge in [-0.1, -0.05) is 25.1 Å². The van der Waals surface area contributed by atoms with Crippen LogP contribution in [0.1, 0.15) is 38.5 Å². The number of hydrogen-bond donors (Lipinski definition) is 0. The second kappa shape index (κ2) is 5.44. The van der Waals surface area contributed by atoms with E-state index in [4.69, 9.17) is 4.84 Å². The van der Waals surface area contributed by atoms with E-state index in [0.717, 1.165) is 23.7 Å². The maximum absolute atomic E-state index is 12.9. The number of thiophene rings is 1. The van der Waals surface area contributed by atoms with Gasteiger partial charge in [-0.3, -0.25) is 4.79 Å². The van der Waals surface area contributed by atoms with Crippen molar-refractivity contribution in [2.24, 2.45) is 17.0 Å². The van der Waals surface area contributed by atoms with Gasteiger partial charge in [0.15, 0.2) is 0 Å². The Morgan fingerprint density at radius 2 is 2.14 bits per heavy atom. The molecule has 1 amide bonds. The molecule has 0 aliphatic carbocycles. The number of piperidine rings is 1. The van der Waals surface area contributed by atoms with Crippen molar-refractivity contribution in [2.75, 3.05) is 13.1 Å². The summed E-state index contributed by atoms with van der Waals surface area (Å²) < 4.78 is 0. The molecule has 1 fully saturated rings. The lowest BCUT2D eigenvalue weighted by Gasteiger charge is -2.38. The van der Waals surface area contributed by atoms with Crippen LogP contribution in [0.25, 0.3) is 0 Å². The summed E-state index contributed by atoms with van der Waals surface area (Å²) in [6, 6.07) is 4.02. The number of amides is 1. The minimum atomic E-state index is -0.837. The molecule has 0 N–H and O–H groups in total. The summed E-state index contributed by atoms with van der Waals surface area (Å²) in [6.07, 6.45) is 1.75. The summed E-state index contributed by atoms with van der Waals surface area (Å²) >= 11 is 1.63. The number of oxime groups is 1. The van der Waals surface area contributed by atoms with Gasteiger partial charge in [-0.25, -0.2) is 0 Å². The van der Waals surface area contributed by atoms with Crippen LogP contribution in [0, 0.1) is 11.8 Å². The van der Waals surface area contributed by atoms with Crippen molar-refractivity contribution in [2.45, 2.75) is 39.2 Å². The first-order chi connectivity index (χ1) is 9.98. The van der Waals surface area contributed by atoms with Crippen LogP contribution in [0.5, 0.6) is 0 Å². The van der Waals surface area contributed by atoms with E-state index in [1.807, 2.05) is 29.3 Å². The molecule has 2 aliphatic heterocycles. The van der Waals surface area contributed by atoms with E-state index in [0.29, 0.717) is 18.3 Å². The molecule has 0 radical (unpaired) electrons. The molecule has 5 heteroatoms. The van der Waals surface area contributed by atoms with Crippen LogP contribution in [-0.2, 0) is 9.63 Å². The minimum Gasteiger partial charge on any atom is -0.379 e. The van der Waals surface area contributed by atoms with E-state index in [1.54, 1.807) is 11.3 Å². The smallest absolute Gasteiger partial charge is 0.269 e. The van der Waals surface area contributed by atoms with E-state index >= 15 is 0 Å². The summed E-state index contributed by atoms with van der Waals surface area (Å²) in [5.74, 6) is 1.19. The zero-order valence-corrected chi connectivity index (χ0v) is 13.7. The average molecular weight is 306 g/mol. The Hall–Kier alpha value is -1.36. The van der Waals surface area contributed by atoms with Gasteiger partial charge >= 0.3 is 0 Å². The average Bonchev–Trinajstić information content (AvgIpc) is 3.06. The van der Waals surface area contributed by atoms with Gasteiger partial charge in [0, 0.05) is 19.5 Å². The van der Waals surface area contributed by atoms with Crippen LogP contribution in [0.3, 0.4) is 0 Å². The fraction of sp³-hybridized carbons (Fsp3) is 0.625. The van der Waals surface area contributed by atoms with Crippen LogP contribution in [0.2, 0.25) is 0 Å². The Labute approximate surface area is 129 Å².